The van der Waals surface area contributed by atoms with Crippen molar-refractivity contribution in [3.63, 3.8) is 0 Å². The van der Waals surface area contributed by atoms with Crippen molar-refractivity contribution >= 4 is 45.1 Å². The topological polar surface area (TPSA) is 71.5 Å². The zero-order chi connectivity index (χ0) is 16.2. The third-order valence-corrected chi connectivity index (χ3v) is 4.03. The molecule has 0 atom stereocenters. The fraction of sp³-hybridized carbons (Fsp3) is 0.0588. The Bertz CT molecular complexity index is 817. The van der Waals surface area contributed by atoms with E-state index in [9.17, 15) is 4.79 Å². The fourth-order valence-electron chi connectivity index (χ4n) is 2.05. The van der Waals surface area contributed by atoms with Crippen LogP contribution in [0.5, 0.6) is 5.75 Å². The lowest BCUT2D eigenvalue weighted by molar-refractivity contribution is 0.0697. The number of rotatable bonds is 5. The molecular weight excluding hydrogens is 392 g/mol. The number of aromatic carboxylic acids is 1. The number of anilines is 2. The quantitative estimate of drug-likeness (QED) is 0.634. The minimum atomic E-state index is -0.937. The molecule has 0 aliphatic rings. The monoisotopic (exact) mass is 406 g/mol. The molecule has 124 valence electrons. The van der Waals surface area contributed by atoms with E-state index < -0.39 is 5.97 Å². The van der Waals surface area contributed by atoms with E-state index in [2.05, 4.69) is 10.3 Å². The number of benzene rings is 2. The highest BCUT2D eigenvalue weighted by atomic mass is 79.9. The van der Waals surface area contributed by atoms with Gasteiger partial charge in [0.25, 0.3) is 0 Å². The molecule has 2 N–H and O–H groups in total. The average Bonchev–Trinajstić information content (AvgIpc) is 3.04. The summed E-state index contributed by atoms with van der Waals surface area (Å²) in [6.45, 7) is 0. The molecule has 7 heteroatoms. The van der Waals surface area contributed by atoms with Crippen molar-refractivity contribution in [1.29, 1.82) is 0 Å². The molecule has 3 rings (SSSR count). The predicted molar refractivity (Wildman–Crippen MR) is 101 cm³/mol. The van der Waals surface area contributed by atoms with E-state index in [4.69, 9.17) is 9.84 Å². The molecule has 0 fully saturated rings. The Labute approximate surface area is 153 Å². The summed E-state index contributed by atoms with van der Waals surface area (Å²) in [6.07, 6.45) is 0. The Morgan fingerprint density at radius 3 is 2.38 bits per heavy atom. The summed E-state index contributed by atoms with van der Waals surface area (Å²) in [7, 11) is 1.63. The maximum Gasteiger partial charge on any atom is 0.335 e. The molecule has 24 heavy (non-hydrogen) atoms. The highest BCUT2D eigenvalue weighted by molar-refractivity contribution is 8.93. The van der Waals surface area contributed by atoms with E-state index in [0.29, 0.717) is 0 Å². The number of hydrogen-bond acceptors (Lipinski definition) is 5. The van der Waals surface area contributed by atoms with Crippen LogP contribution in [0.1, 0.15) is 10.4 Å². The van der Waals surface area contributed by atoms with Crippen molar-refractivity contribution in [1.82, 2.24) is 4.98 Å². The van der Waals surface area contributed by atoms with Crippen molar-refractivity contribution in [2.75, 3.05) is 12.4 Å². The first-order valence-corrected chi connectivity index (χ1v) is 7.74. The molecule has 0 aliphatic carbocycles. The predicted octanol–water partition coefficient (Wildman–Crippen LogP) is 4.84. The second-order valence-electron chi connectivity index (χ2n) is 4.77. The van der Waals surface area contributed by atoms with Crippen molar-refractivity contribution in [2.45, 2.75) is 0 Å². The lowest BCUT2D eigenvalue weighted by atomic mass is 10.2. The van der Waals surface area contributed by atoms with Crippen LogP contribution >= 0.6 is 28.3 Å². The smallest absolute Gasteiger partial charge is 0.335 e. The number of carbonyl (C=O) groups is 1. The Kier molecular flexibility index (Phi) is 5.94. The number of carboxylic acid groups (broad SMARTS) is 1. The van der Waals surface area contributed by atoms with Crippen LogP contribution in [0.15, 0.2) is 53.9 Å². The molecule has 0 saturated carbocycles. The largest absolute Gasteiger partial charge is 0.497 e. The van der Waals surface area contributed by atoms with Gasteiger partial charge in [0.2, 0.25) is 0 Å². The Morgan fingerprint density at radius 1 is 1.12 bits per heavy atom. The van der Waals surface area contributed by atoms with Gasteiger partial charge in [-0.15, -0.1) is 28.3 Å². The van der Waals surface area contributed by atoms with E-state index in [1.54, 1.807) is 31.4 Å². The second-order valence-corrected chi connectivity index (χ2v) is 5.63. The molecule has 0 radical (unpaired) electrons. The Hall–Kier alpha value is -2.38. The highest BCUT2D eigenvalue weighted by Crippen LogP contribution is 2.28. The molecule has 0 amide bonds. The number of nitrogens with one attached hydrogen (secondary N) is 1. The van der Waals surface area contributed by atoms with Crippen LogP contribution in [0, 0.1) is 0 Å². The first-order valence-electron chi connectivity index (χ1n) is 6.86. The molecule has 0 aliphatic heterocycles. The van der Waals surface area contributed by atoms with E-state index in [1.165, 1.54) is 11.3 Å². The number of halogens is 1. The molecule has 5 nitrogen and oxygen atoms in total. The normalized spacial score (nSPS) is 9.88. The molecule has 0 saturated heterocycles. The average molecular weight is 407 g/mol. The van der Waals surface area contributed by atoms with Gasteiger partial charge in [0, 0.05) is 16.6 Å². The molecular formula is C17H15BrN2O3S. The van der Waals surface area contributed by atoms with Crippen LogP contribution in [0.4, 0.5) is 10.8 Å². The summed E-state index contributed by atoms with van der Waals surface area (Å²) >= 11 is 1.49. The molecule has 0 bridgehead atoms. The fourth-order valence-corrected chi connectivity index (χ4v) is 2.79. The Balaban J connectivity index is 0.00000208. The van der Waals surface area contributed by atoms with Gasteiger partial charge in [-0.3, -0.25) is 0 Å². The number of methoxy groups -OCH3 is 1. The number of aromatic nitrogens is 1. The summed E-state index contributed by atoms with van der Waals surface area (Å²) in [5.74, 6) is -0.131. The first-order chi connectivity index (χ1) is 11.2. The zero-order valence-corrected chi connectivity index (χ0v) is 15.3. The third kappa shape index (κ3) is 4.12. The molecule has 1 aromatic heterocycles. The van der Waals surface area contributed by atoms with E-state index in [1.807, 2.05) is 29.6 Å². The minimum Gasteiger partial charge on any atom is -0.497 e. The standard InChI is InChI=1S/C17H14N2O3S.BrH/c1-22-14-8-4-11(5-9-14)15-10-23-17(19-15)18-13-6-2-12(3-7-13)16(20)21;/h2-10H,1H3,(H,18,19)(H,20,21);1H. The first kappa shape index (κ1) is 18.0. The maximum atomic E-state index is 10.8. The SMILES string of the molecule is Br.COc1ccc(-c2csc(Nc3ccc(C(=O)O)cc3)n2)cc1. The number of nitrogens with zero attached hydrogens (tertiary/aromatic N) is 1. The third-order valence-electron chi connectivity index (χ3n) is 3.27. The van der Waals surface area contributed by atoms with Gasteiger partial charge in [-0.1, -0.05) is 0 Å². The van der Waals surface area contributed by atoms with Gasteiger partial charge < -0.3 is 15.2 Å². The maximum absolute atomic E-state index is 10.8. The van der Waals surface area contributed by atoms with E-state index in [0.717, 1.165) is 27.8 Å². The number of carboxylic acids is 1. The van der Waals surface area contributed by atoms with Crippen molar-refractivity contribution < 1.29 is 14.6 Å². The van der Waals surface area contributed by atoms with Crippen molar-refractivity contribution in [3.8, 4) is 17.0 Å². The molecule has 0 unspecified atom stereocenters. The summed E-state index contributed by atoms with van der Waals surface area (Å²) in [4.78, 5) is 15.4. The van der Waals surface area contributed by atoms with Crippen molar-refractivity contribution in [2.24, 2.45) is 0 Å². The minimum absolute atomic E-state index is 0. The lowest BCUT2D eigenvalue weighted by Crippen LogP contribution is -1.96. The number of ether oxygens (including phenoxy) is 1. The van der Waals surface area contributed by atoms with Crippen LogP contribution in [0.2, 0.25) is 0 Å². The van der Waals surface area contributed by atoms with E-state index >= 15 is 0 Å². The lowest BCUT2D eigenvalue weighted by Gasteiger charge is -2.03. The van der Waals surface area contributed by atoms with Gasteiger partial charge in [-0.05, 0) is 48.5 Å². The summed E-state index contributed by atoms with van der Waals surface area (Å²) in [5.41, 5.74) is 2.94. The van der Waals surface area contributed by atoms with Crippen molar-refractivity contribution in [3.05, 3.63) is 59.5 Å². The summed E-state index contributed by atoms with van der Waals surface area (Å²) in [6, 6.07) is 14.3. The van der Waals surface area contributed by atoms with Gasteiger partial charge in [-0.2, -0.15) is 0 Å². The number of hydrogen-bond donors (Lipinski definition) is 2. The van der Waals surface area contributed by atoms with Gasteiger partial charge >= 0.3 is 5.97 Å². The summed E-state index contributed by atoms with van der Waals surface area (Å²) < 4.78 is 5.14. The molecule has 1 heterocycles. The van der Waals surface area contributed by atoms with Crippen LogP contribution < -0.4 is 10.1 Å². The Morgan fingerprint density at radius 2 is 1.79 bits per heavy atom. The van der Waals surface area contributed by atoms with Gasteiger partial charge in [-0.25, -0.2) is 9.78 Å². The zero-order valence-electron chi connectivity index (χ0n) is 12.7. The van der Waals surface area contributed by atoms with Crippen LogP contribution in [0.25, 0.3) is 11.3 Å². The molecule has 0 spiro atoms. The van der Waals surface area contributed by atoms with Gasteiger partial charge in [0.05, 0.1) is 18.4 Å². The van der Waals surface area contributed by atoms with Gasteiger partial charge in [0.1, 0.15) is 5.75 Å². The highest BCUT2D eigenvalue weighted by Gasteiger charge is 2.06. The molecule has 3 aromatic rings. The van der Waals surface area contributed by atoms with Crippen LogP contribution in [-0.2, 0) is 0 Å². The van der Waals surface area contributed by atoms with Gasteiger partial charge in [0.15, 0.2) is 5.13 Å². The molecule has 2 aromatic carbocycles. The van der Waals surface area contributed by atoms with Crippen LogP contribution in [0.3, 0.4) is 0 Å². The van der Waals surface area contributed by atoms with Crippen LogP contribution in [-0.4, -0.2) is 23.2 Å². The summed E-state index contributed by atoms with van der Waals surface area (Å²) in [5, 5.41) is 14.8. The van der Waals surface area contributed by atoms with E-state index in [-0.39, 0.29) is 22.5 Å². The number of thiazole rings is 1. The second kappa shape index (κ2) is 7.94.